The molecule has 0 N–H and O–H groups in total. The van der Waals surface area contributed by atoms with Crippen LogP contribution in [-0.2, 0) is 20.1 Å². The fourth-order valence-corrected chi connectivity index (χ4v) is 4.09. The van der Waals surface area contributed by atoms with Crippen LogP contribution in [-0.4, -0.2) is 15.0 Å². The predicted molar refractivity (Wildman–Crippen MR) is 130 cm³/mol. The van der Waals surface area contributed by atoms with Crippen molar-refractivity contribution in [2.24, 2.45) is 0 Å². The molecule has 2 heterocycles. The Hall–Kier alpha value is -3.72. The van der Waals surface area contributed by atoms with Gasteiger partial charge in [-0.25, -0.2) is 9.97 Å². The van der Waals surface area contributed by atoms with Crippen molar-refractivity contribution >= 4 is 21.7 Å². The molecule has 0 spiro atoms. The molecule has 0 aliphatic carbocycles. The summed E-state index contributed by atoms with van der Waals surface area (Å²) in [5.41, 5.74) is 5.83. The van der Waals surface area contributed by atoms with Gasteiger partial charge in [0.2, 0.25) is 0 Å². The summed E-state index contributed by atoms with van der Waals surface area (Å²) < 4.78 is 0. The van der Waals surface area contributed by atoms with Crippen LogP contribution in [0.25, 0.3) is 55.6 Å². The van der Waals surface area contributed by atoms with E-state index in [0.717, 1.165) is 49.8 Å². The largest absolute Gasteiger partial charge is 0.304 e. The number of aromatic nitrogens is 3. The van der Waals surface area contributed by atoms with E-state index >= 15 is 0 Å². The number of pyridine rings is 1. The Morgan fingerprint density at radius 3 is 1.97 bits per heavy atom. The minimum atomic E-state index is 0. The van der Waals surface area contributed by atoms with E-state index in [1.165, 1.54) is 0 Å². The molecule has 0 saturated carbocycles. The molecule has 159 valence electrons. The summed E-state index contributed by atoms with van der Waals surface area (Å²) in [5, 5.41) is 3.12. The molecule has 0 aliphatic rings. The molecule has 0 aliphatic heterocycles. The fraction of sp³-hybridized carbons (Fsp3) is 0. The van der Waals surface area contributed by atoms with Gasteiger partial charge >= 0.3 is 0 Å². The number of nitrogens with zero attached hydrogens (tertiary/aromatic N) is 3. The molecule has 2 aromatic heterocycles. The molecule has 33 heavy (non-hydrogen) atoms. The molecule has 4 heteroatoms. The minimum Gasteiger partial charge on any atom is -0.304 e. The quantitative estimate of drug-likeness (QED) is 0.163. The smallest absolute Gasteiger partial charge is 0.142 e. The van der Waals surface area contributed by atoms with Crippen molar-refractivity contribution in [3.05, 3.63) is 115 Å². The first-order valence-electron chi connectivity index (χ1n) is 10.6. The molecule has 0 amide bonds. The molecule has 4 aromatic carbocycles. The van der Waals surface area contributed by atoms with Crippen molar-refractivity contribution in [1.29, 1.82) is 0 Å². The average molecular weight is 601 g/mol. The Labute approximate surface area is 205 Å². The van der Waals surface area contributed by atoms with Gasteiger partial charge in [0.1, 0.15) is 5.82 Å². The molecule has 0 atom stereocenters. The van der Waals surface area contributed by atoms with Crippen LogP contribution in [0.3, 0.4) is 0 Å². The molecule has 0 bridgehead atoms. The molecule has 3 nitrogen and oxygen atoms in total. The number of fused-ring (bicyclic) bond motifs is 3. The van der Waals surface area contributed by atoms with Crippen molar-refractivity contribution in [2.75, 3.05) is 0 Å². The first-order chi connectivity index (χ1) is 15.9. The molecule has 6 aromatic rings. The van der Waals surface area contributed by atoms with Crippen LogP contribution in [0.2, 0.25) is 0 Å². The second kappa shape index (κ2) is 9.03. The van der Waals surface area contributed by atoms with Crippen LogP contribution in [0.15, 0.2) is 109 Å². The molecular formula is C29H18IrN3-. The summed E-state index contributed by atoms with van der Waals surface area (Å²) in [6, 6.07) is 38.1. The van der Waals surface area contributed by atoms with Crippen LogP contribution in [0.1, 0.15) is 0 Å². The Bertz CT molecular complexity index is 1510. The first kappa shape index (κ1) is 21.1. The van der Waals surface area contributed by atoms with Crippen molar-refractivity contribution < 1.29 is 20.1 Å². The Morgan fingerprint density at radius 2 is 1.30 bits per heavy atom. The van der Waals surface area contributed by atoms with Crippen molar-refractivity contribution in [2.45, 2.75) is 0 Å². The maximum absolute atomic E-state index is 4.98. The molecular weight excluding hydrogens is 583 g/mol. The number of hydrogen-bond donors (Lipinski definition) is 0. The van der Waals surface area contributed by atoms with Crippen LogP contribution in [0.5, 0.6) is 0 Å². The van der Waals surface area contributed by atoms with Gasteiger partial charge in [0.05, 0.1) is 11.4 Å². The van der Waals surface area contributed by atoms with Crippen molar-refractivity contribution in [3.63, 3.8) is 0 Å². The van der Waals surface area contributed by atoms with Gasteiger partial charge in [-0.1, -0.05) is 89.8 Å². The summed E-state index contributed by atoms with van der Waals surface area (Å²) in [6.07, 6.45) is 1.82. The van der Waals surface area contributed by atoms with E-state index in [1.54, 1.807) is 0 Å². The summed E-state index contributed by atoms with van der Waals surface area (Å²) in [5.74, 6) is 0.694. The first-order valence-corrected chi connectivity index (χ1v) is 10.6. The minimum absolute atomic E-state index is 0. The zero-order valence-electron chi connectivity index (χ0n) is 17.6. The normalized spacial score (nSPS) is 10.8. The topological polar surface area (TPSA) is 38.7 Å². The van der Waals surface area contributed by atoms with E-state index in [0.29, 0.717) is 5.82 Å². The van der Waals surface area contributed by atoms with E-state index in [-0.39, 0.29) is 20.1 Å². The Balaban J connectivity index is 0.00000228. The summed E-state index contributed by atoms with van der Waals surface area (Å²) in [6.45, 7) is 0. The zero-order chi connectivity index (χ0) is 21.3. The van der Waals surface area contributed by atoms with E-state index in [9.17, 15) is 0 Å². The molecule has 6 rings (SSSR count). The van der Waals surface area contributed by atoms with Crippen LogP contribution < -0.4 is 0 Å². The number of benzene rings is 4. The predicted octanol–water partition coefficient (Wildman–Crippen LogP) is 6.98. The SMILES string of the molecule is [Ir].[c-]1ccc(-c2nc(-c3ccccc3)cc(-c3ccccc3)n2)c2ccc3cccnc3c12. The zero-order valence-corrected chi connectivity index (χ0v) is 20.0. The van der Waals surface area contributed by atoms with Gasteiger partial charge in [0, 0.05) is 37.4 Å². The monoisotopic (exact) mass is 601 g/mol. The molecule has 0 unspecified atom stereocenters. The maximum Gasteiger partial charge on any atom is 0.142 e. The second-order valence-electron chi connectivity index (χ2n) is 7.65. The van der Waals surface area contributed by atoms with Crippen LogP contribution >= 0.6 is 0 Å². The Morgan fingerprint density at radius 1 is 0.636 bits per heavy atom. The van der Waals surface area contributed by atoms with E-state index in [2.05, 4.69) is 59.6 Å². The van der Waals surface area contributed by atoms with Crippen molar-refractivity contribution in [3.8, 4) is 33.9 Å². The van der Waals surface area contributed by atoms with Gasteiger partial charge < -0.3 is 4.98 Å². The van der Waals surface area contributed by atoms with Gasteiger partial charge in [-0.3, -0.25) is 0 Å². The third-order valence-electron chi connectivity index (χ3n) is 5.65. The van der Waals surface area contributed by atoms with E-state index in [1.807, 2.05) is 60.8 Å². The summed E-state index contributed by atoms with van der Waals surface area (Å²) in [7, 11) is 0. The third kappa shape index (κ3) is 3.95. The maximum atomic E-state index is 4.98. The van der Waals surface area contributed by atoms with E-state index < -0.39 is 0 Å². The van der Waals surface area contributed by atoms with Gasteiger partial charge in [-0.2, -0.15) is 0 Å². The van der Waals surface area contributed by atoms with Gasteiger partial charge in [0.25, 0.3) is 0 Å². The second-order valence-corrected chi connectivity index (χ2v) is 7.65. The summed E-state index contributed by atoms with van der Waals surface area (Å²) in [4.78, 5) is 14.6. The van der Waals surface area contributed by atoms with Gasteiger partial charge in [-0.05, 0) is 23.0 Å². The van der Waals surface area contributed by atoms with Crippen molar-refractivity contribution in [1.82, 2.24) is 15.0 Å². The number of rotatable bonds is 3. The van der Waals surface area contributed by atoms with Crippen LogP contribution in [0, 0.1) is 6.07 Å². The molecule has 1 radical (unpaired) electrons. The standard InChI is InChI=1S/C29H18N3.Ir/c1-3-9-20(10-4-1)26-19-27(21-11-5-2-6-12-21)32-29(31-26)25-15-7-14-24-23(25)17-16-22-13-8-18-30-28(22)24;/h1-13,15-19H;/q-1;. The molecule has 0 fully saturated rings. The van der Waals surface area contributed by atoms with E-state index in [4.69, 9.17) is 9.97 Å². The Kier molecular flexibility index (Phi) is 5.78. The fourth-order valence-electron chi connectivity index (χ4n) is 4.09. The summed E-state index contributed by atoms with van der Waals surface area (Å²) >= 11 is 0. The van der Waals surface area contributed by atoms with Gasteiger partial charge in [0.15, 0.2) is 0 Å². The molecule has 0 saturated heterocycles. The van der Waals surface area contributed by atoms with Gasteiger partial charge in [-0.15, -0.1) is 23.6 Å². The number of hydrogen-bond acceptors (Lipinski definition) is 3. The van der Waals surface area contributed by atoms with Crippen LogP contribution in [0.4, 0.5) is 0 Å². The third-order valence-corrected chi connectivity index (χ3v) is 5.65. The average Bonchev–Trinajstić information content (AvgIpc) is 2.89.